The molecule has 3 atom stereocenters. The van der Waals surface area contributed by atoms with E-state index in [-0.39, 0.29) is 23.5 Å². The number of rotatable bonds is 1. The van der Waals surface area contributed by atoms with Crippen LogP contribution >= 0.6 is 0 Å². The summed E-state index contributed by atoms with van der Waals surface area (Å²) in [7, 11) is 0. The Hall–Kier alpha value is -1.12. The van der Waals surface area contributed by atoms with Crippen LogP contribution in [0.5, 0.6) is 0 Å². The molecule has 0 aliphatic heterocycles. The maximum Gasteiger partial charge on any atom is 0.306 e. The smallest absolute Gasteiger partial charge is 0.306 e. The highest BCUT2D eigenvalue weighted by Gasteiger charge is 2.39. The molecule has 2 aliphatic carbocycles. The van der Waals surface area contributed by atoms with E-state index < -0.39 is 5.97 Å². The summed E-state index contributed by atoms with van der Waals surface area (Å²) in [5, 5.41) is 8.84. The van der Waals surface area contributed by atoms with E-state index in [1.54, 1.807) is 0 Å². The number of carbonyl (C=O) groups excluding carboxylic acids is 1. The molecule has 0 aromatic carbocycles. The average molecular weight is 180 g/mol. The molecule has 0 saturated heterocycles. The number of hydrogen-bond donors (Lipinski definition) is 1. The Kier molecular flexibility index (Phi) is 1.94. The van der Waals surface area contributed by atoms with Crippen molar-refractivity contribution >= 4 is 11.8 Å². The molecule has 0 aromatic heterocycles. The van der Waals surface area contributed by atoms with Crippen LogP contribution in [-0.4, -0.2) is 16.9 Å². The van der Waals surface area contributed by atoms with Gasteiger partial charge in [0.25, 0.3) is 0 Å². The molecule has 0 radical (unpaired) electrons. The predicted molar refractivity (Wildman–Crippen MR) is 46.1 cm³/mol. The lowest BCUT2D eigenvalue weighted by molar-refractivity contribution is -0.145. The van der Waals surface area contributed by atoms with Gasteiger partial charge in [0.1, 0.15) is 5.78 Å². The van der Waals surface area contributed by atoms with E-state index in [0.717, 1.165) is 6.42 Å². The summed E-state index contributed by atoms with van der Waals surface area (Å²) in [4.78, 5) is 22.3. The zero-order chi connectivity index (χ0) is 9.42. The van der Waals surface area contributed by atoms with Crippen LogP contribution in [0.25, 0.3) is 0 Å². The molecule has 2 aliphatic rings. The number of hydrogen-bond acceptors (Lipinski definition) is 2. The van der Waals surface area contributed by atoms with Gasteiger partial charge in [-0.1, -0.05) is 12.2 Å². The van der Waals surface area contributed by atoms with Gasteiger partial charge in [-0.15, -0.1) is 0 Å². The van der Waals surface area contributed by atoms with Crippen LogP contribution < -0.4 is 0 Å². The van der Waals surface area contributed by atoms with E-state index in [1.807, 2.05) is 12.2 Å². The van der Waals surface area contributed by atoms with Gasteiger partial charge in [0, 0.05) is 11.8 Å². The fourth-order valence-electron chi connectivity index (χ4n) is 2.28. The Morgan fingerprint density at radius 3 is 2.85 bits per heavy atom. The maximum absolute atomic E-state index is 11.5. The second kappa shape index (κ2) is 2.98. The number of ketones is 1. The van der Waals surface area contributed by atoms with Crippen LogP contribution in [0.1, 0.15) is 19.3 Å². The highest BCUT2D eigenvalue weighted by atomic mass is 16.4. The predicted octanol–water partition coefficient (Wildman–Crippen LogP) is 1.24. The second-order valence-corrected chi connectivity index (χ2v) is 3.88. The van der Waals surface area contributed by atoms with Gasteiger partial charge in [-0.2, -0.15) is 0 Å². The molecule has 2 rings (SSSR count). The van der Waals surface area contributed by atoms with E-state index in [9.17, 15) is 9.59 Å². The van der Waals surface area contributed by atoms with E-state index in [0.29, 0.717) is 12.8 Å². The van der Waals surface area contributed by atoms with Crippen LogP contribution in [0.15, 0.2) is 12.2 Å². The van der Waals surface area contributed by atoms with E-state index >= 15 is 0 Å². The fraction of sp³-hybridized carbons (Fsp3) is 0.600. The van der Waals surface area contributed by atoms with Gasteiger partial charge >= 0.3 is 5.97 Å². The van der Waals surface area contributed by atoms with Crippen molar-refractivity contribution in [1.82, 2.24) is 0 Å². The Morgan fingerprint density at radius 1 is 1.46 bits per heavy atom. The molecule has 70 valence electrons. The first-order valence-corrected chi connectivity index (χ1v) is 4.61. The summed E-state index contributed by atoms with van der Waals surface area (Å²) in [5.74, 6) is -0.950. The molecule has 1 saturated carbocycles. The Balaban J connectivity index is 2.18. The zero-order valence-corrected chi connectivity index (χ0v) is 7.27. The summed E-state index contributed by atoms with van der Waals surface area (Å²) in [5.41, 5.74) is 0. The van der Waals surface area contributed by atoms with Gasteiger partial charge < -0.3 is 5.11 Å². The number of carboxylic acid groups (broad SMARTS) is 1. The Labute approximate surface area is 76.4 Å². The van der Waals surface area contributed by atoms with Gasteiger partial charge in [0.15, 0.2) is 0 Å². The number of allylic oxidation sites excluding steroid dienone is 2. The fourth-order valence-corrected chi connectivity index (χ4v) is 2.28. The lowest BCUT2D eigenvalue weighted by Gasteiger charge is -2.32. The van der Waals surface area contributed by atoms with E-state index in [4.69, 9.17) is 5.11 Å². The zero-order valence-electron chi connectivity index (χ0n) is 7.27. The minimum absolute atomic E-state index is 0.0233. The largest absolute Gasteiger partial charge is 0.481 e. The molecule has 0 heterocycles. The van der Waals surface area contributed by atoms with Crippen molar-refractivity contribution in [3.63, 3.8) is 0 Å². The topological polar surface area (TPSA) is 54.4 Å². The average Bonchev–Trinajstić information content (AvgIpc) is 2.02. The number of fused-ring (bicyclic) bond motifs is 2. The van der Waals surface area contributed by atoms with E-state index in [2.05, 4.69) is 0 Å². The number of aliphatic carboxylic acids is 1. The molecule has 13 heavy (non-hydrogen) atoms. The Bertz CT molecular complexity index is 280. The normalized spacial score (nSPS) is 37.5. The third-order valence-corrected chi connectivity index (χ3v) is 3.01. The van der Waals surface area contributed by atoms with Crippen LogP contribution in [0.4, 0.5) is 0 Å². The van der Waals surface area contributed by atoms with Gasteiger partial charge in [-0.05, 0) is 19.3 Å². The van der Waals surface area contributed by atoms with Gasteiger partial charge in [-0.3, -0.25) is 9.59 Å². The minimum Gasteiger partial charge on any atom is -0.481 e. The van der Waals surface area contributed by atoms with Gasteiger partial charge in [0.2, 0.25) is 0 Å². The molecule has 2 bridgehead atoms. The van der Waals surface area contributed by atoms with Crippen molar-refractivity contribution in [2.45, 2.75) is 19.3 Å². The molecule has 1 N–H and O–H groups in total. The summed E-state index contributed by atoms with van der Waals surface area (Å²) >= 11 is 0. The monoisotopic (exact) mass is 180 g/mol. The molecule has 0 amide bonds. The van der Waals surface area contributed by atoms with Crippen LogP contribution in [0, 0.1) is 17.8 Å². The summed E-state index contributed by atoms with van der Waals surface area (Å²) in [6, 6.07) is 0. The first-order valence-electron chi connectivity index (χ1n) is 4.61. The lowest BCUT2D eigenvalue weighted by atomic mass is 9.70. The highest BCUT2D eigenvalue weighted by Crippen LogP contribution is 2.36. The second-order valence-electron chi connectivity index (χ2n) is 3.88. The van der Waals surface area contributed by atoms with Crippen LogP contribution in [0.3, 0.4) is 0 Å². The van der Waals surface area contributed by atoms with Crippen LogP contribution in [-0.2, 0) is 9.59 Å². The number of Topliss-reactive ketones (excluding diaryl/α,β-unsaturated/α-hetero) is 1. The van der Waals surface area contributed by atoms with Crippen molar-refractivity contribution < 1.29 is 14.7 Å². The van der Waals surface area contributed by atoms with Crippen molar-refractivity contribution in [2.24, 2.45) is 17.8 Å². The molecule has 0 spiro atoms. The standard InChI is InChI=1S/C10H12O3/c11-9-6-2-1-3-7(9)5-8(4-6)10(12)13/h1-2,6-8H,3-5H2,(H,12,13)/t6-,7-,8+/m0/s1. The third kappa shape index (κ3) is 1.39. The maximum atomic E-state index is 11.5. The van der Waals surface area contributed by atoms with Crippen molar-refractivity contribution in [3.8, 4) is 0 Å². The molecule has 3 heteroatoms. The van der Waals surface area contributed by atoms with E-state index in [1.165, 1.54) is 0 Å². The van der Waals surface area contributed by atoms with Gasteiger partial charge in [0.05, 0.1) is 5.92 Å². The molecular weight excluding hydrogens is 168 g/mol. The van der Waals surface area contributed by atoms with Crippen molar-refractivity contribution in [3.05, 3.63) is 12.2 Å². The number of carbonyl (C=O) groups is 2. The lowest BCUT2D eigenvalue weighted by Crippen LogP contribution is -2.36. The first-order chi connectivity index (χ1) is 6.18. The molecule has 1 fully saturated rings. The summed E-state index contributed by atoms with van der Waals surface area (Å²) in [6.45, 7) is 0. The molecule has 3 nitrogen and oxygen atoms in total. The summed E-state index contributed by atoms with van der Waals surface area (Å²) < 4.78 is 0. The third-order valence-electron chi connectivity index (χ3n) is 3.01. The number of carboxylic acids is 1. The van der Waals surface area contributed by atoms with Crippen molar-refractivity contribution in [1.29, 1.82) is 0 Å². The molecular formula is C10H12O3. The van der Waals surface area contributed by atoms with Crippen molar-refractivity contribution in [2.75, 3.05) is 0 Å². The van der Waals surface area contributed by atoms with Gasteiger partial charge in [-0.25, -0.2) is 0 Å². The summed E-state index contributed by atoms with van der Waals surface area (Å²) in [6.07, 6.45) is 5.65. The minimum atomic E-state index is -0.752. The Morgan fingerprint density at radius 2 is 2.23 bits per heavy atom. The highest BCUT2D eigenvalue weighted by molar-refractivity contribution is 5.88. The van der Waals surface area contributed by atoms with Crippen LogP contribution in [0.2, 0.25) is 0 Å². The molecule has 0 unspecified atom stereocenters. The molecule has 0 aromatic rings. The quantitative estimate of drug-likeness (QED) is 0.618. The first kappa shape index (κ1) is 8.48. The SMILES string of the molecule is O=C(O)[C@H]1C[C@@H]2CC=C[C@@H](C1)C2=O.